The summed E-state index contributed by atoms with van der Waals surface area (Å²) in [4.78, 5) is 20.9. The summed E-state index contributed by atoms with van der Waals surface area (Å²) in [6.07, 6.45) is 2.41. The van der Waals surface area contributed by atoms with Crippen molar-refractivity contribution < 1.29 is 22.4 Å². The van der Waals surface area contributed by atoms with Gasteiger partial charge < -0.3 is 14.5 Å². The number of hydrogen-bond donors (Lipinski definition) is 2. The predicted octanol–water partition coefficient (Wildman–Crippen LogP) is 2.36. The highest BCUT2D eigenvalue weighted by atomic mass is 32.2. The first kappa shape index (κ1) is 20.5. The lowest BCUT2D eigenvalue weighted by atomic mass is 10.1. The van der Waals surface area contributed by atoms with Gasteiger partial charge >= 0.3 is 0 Å². The number of carbonyl (C=O) groups excluding carboxylic acids is 1. The van der Waals surface area contributed by atoms with Gasteiger partial charge in [0.25, 0.3) is 5.91 Å². The van der Waals surface area contributed by atoms with Crippen LogP contribution in [0.1, 0.15) is 21.9 Å². The number of methoxy groups -OCH3 is 1. The van der Waals surface area contributed by atoms with Gasteiger partial charge in [-0.3, -0.25) is 4.79 Å². The number of aromatic nitrogens is 2. The number of hydrogen-bond acceptors (Lipinski definition) is 7. The zero-order valence-electron chi connectivity index (χ0n) is 16.1. The molecule has 0 fully saturated rings. The molecule has 2 heterocycles. The highest BCUT2D eigenvalue weighted by Gasteiger charge is 2.17. The van der Waals surface area contributed by atoms with E-state index in [9.17, 15) is 13.2 Å². The van der Waals surface area contributed by atoms with Gasteiger partial charge in [0.1, 0.15) is 29.4 Å². The van der Waals surface area contributed by atoms with Crippen LogP contribution in [0.5, 0.6) is 5.75 Å². The van der Waals surface area contributed by atoms with Gasteiger partial charge in [-0.1, -0.05) is 0 Å². The number of carbonyl (C=O) groups is 1. The summed E-state index contributed by atoms with van der Waals surface area (Å²) in [7, 11) is -1.77. The molecule has 1 amide bonds. The molecule has 3 aromatic rings. The molecule has 1 aromatic carbocycles. The van der Waals surface area contributed by atoms with Crippen molar-refractivity contribution in [3.63, 3.8) is 0 Å². The Hall–Kier alpha value is -3.24. The van der Waals surface area contributed by atoms with E-state index in [4.69, 9.17) is 9.15 Å². The molecule has 0 aliphatic carbocycles. The molecule has 2 aromatic heterocycles. The number of aryl methyl sites for hydroxylation is 1. The Morgan fingerprint density at radius 1 is 1.17 bits per heavy atom. The topological polar surface area (TPSA) is 123 Å². The SMILES string of the molecule is COc1ccc(-c2cc(NC(=O)c3cc(CNS(C)(=O)=O)oc3C)ncn2)cc1. The minimum absolute atomic E-state index is 0.0396. The molecule has 0 saturated heterocycles. The summed E-state index contributed by atoms with van der Waals surface area (Å²) in [5.41, 5.74) is 1.78. The van der Waals surface area contributed by atoms with Crippen molar-refractivity contribution in [2.24, 2.45) is 0 Å². The minimum atomic E-state index is -3.37. The molecule has 29 heavy (non-hydrogen) atoms. The van der Waals surface area contributed by atoms with Gasteiger partial charge in [-0.2, -0.15) is 0 Å². The fourth-order valence-corrected chi connectivity index (χ4v) is 2.99. The van der Waals surface area contributed by atoms with Crippen LogP contribution in [0, 0.1) is 6.92 Å². The second-order valence-corrected chi connectivity index (χ2v) is 8.08. The Kier molecular flexibility index (Phi) is 5.95. The number of nitrogens with one attached hydrogen (secondary N) is 2. The molecule has 2 N–H and O–H groups in total. The molecule has 0 atom stereocenters. The average molecular weight is 416 g/mol. The van der Waals surface area contributed by atoms with Crippen molar-refractivity contribution >= 4 is 21.7 Å². The molecule has 3 rings (SSSR count). The molecule has 0 aliphatic heterocycles. The fourth-order valence-electron chi connectivity index (χ4n) is 2.59. The zero-order valence-corrected chi connectivity index (χ0v) is 16.9. The van der Waals surface area contributed by atoms with Gasteiger partial charge in [0.2, 0.25) is 10.0 Å². The van der Waals surface area contributed by atoms with Gasteiger partial charge in [0.15, 0.2) is 0 Å². The highest BCUT2D eigenvalue weighted by molar-refractivity contribution is 7.88. The largest absolute Gasteiger partial charge is 0.497 e. The Morgan fingerprint density at radius 3 is 2.55 bits per heavy atom. The van der Waals surface area contributed by atoms with Crippen LogP contribution in [-0.4, -0.2) is 37.7 Å². The third-order valence-electron chi connectivity index (χ3n) is 4.02. The van der Waals surface area contributed by atoms with Gasteiger partial charge in [-0.05, 0) is 37.3 Å². The third-order valence-corrected chi connectivity index (χ3v) is 4.69. The molecular weight excluding hydrogens is 396 g/mol. The lowest BCUT2D eigenvalue weighted by molar-refractivity contribution is 0.102. The predicted molar refractivity (Wildman–Crippen MR) is 107 cm³/mol. The van der Waals surface area contributed by atoms with Crippen molar-refractivity contribution in [1.29, 1.82) is 0 Å². The first-order chi connectivity index (χ1) is 13.7. The van der Waals surface area contributed by atoms with Crippen molar-refractivity contribution in [3.8, 4) is 17.0 Å². The zero-order chi connectivity index (χ0) is 21.0. The quantitative estimate of drug-likeness (QED) is 0.606. The van der Waals surface area contributed by atoms with Crippen LogP contribution in [0.2, 0.25) is 0 Å². The van der Waals surface area contributed by atoms with Crippen molar-refractivity contribution in [1.82, 2.24) is 14.7 Å². The average Bonchev–Trinajstić information content (AvgIpc) is 3.07. The van der Waals surface area contributed by atoms with Crippen LogP contribution in [0.3, 0.4) is 0 Å². The van der Waals surface area contributed by atoms with E-state index in [1.807, 2.05) is 24.3 Å². The lowest BCUT2D eigenvalue weighted by Gasteiger charge is -2.06. The summed E-state index contributed by atoms with van der Waals surface area (Å²) in [6, 6.07) is 10.5. The molecule has 0 bridgehead atoms. The highest BCUT2D eigenvalue weighted by Crippen LogP contribution is 2.22. The smallest absolute Gasteiger partial charge is 0.260 e. The van der Waals surface area contributed by atoms with E-state index in [0.717, 1.165) is 17.6 Å². The van der Waals surface area contributed by atoms with Crippen molar-refractivity contribution in [2.45, 2.75) is 13.5 Å². The first-order valence-corrected chi connectivity index (χ1v) is 10.5. The number of nitrogens with zero attached hydrogens (tertiary/aromatic N) is 2. The lowest BCUT2D eigenvalue weighted by Crippen LogP contribution is -2.20. The number of sulfonamides is 1. The summed E-state index contributed by atoms with van der Waals surface area (Å²) < 4.78 is 35.3. The number of anilines is 1. The Morgan fingerprint density at radius 2 is 1.90 bits per heavy atom. The van der Waals surface area contributed by atoms with Crippen LogP contribution >= 0.6 is 0 Å². The Labute approximate surface area is 168 Å². The van der Waals surface area contributed by atoms with Crippen molar-refractivity contribution in [2.75, 3.05) is 18.7 Å². The van der Waals surface area contributed by atoms with Crippen LogP contribution < -0.4 is 14.8 Å². The molecule has 0 unspecified atom stereocenters. The molecule has 152 valence electrons. The van der Waals surface area contributed by atoms with Gasteiger partial charge in [0.05, 0.1) is 31.2 Å². The standard InChI is InChI=1S/C19H20N4O5S/c1-12-16(8-15(28-12)10-22-29(3,25)26)19(24)23-18-9-17(20-11-21-18)13-4-6-14(27-2)7-5-13/h4-9,11,22H,10H2,1-3H3,(H,20,21,23,24). The molecule has 0 saturated carbocycles. The van der Waals surface area contributed by atoms with E-state index in [0.29, 0.717) is 28.6 Å². The van der Waals surface area contributed by atoms with Gasteiger partial charge in [0, 0.05) is 11.6 Å². The Bertz CT molecular complexity index is 1120. The van der Waals surface area contributed by atoms with E-state index in [-0.39, 0.29) is 6.54 Å². The molecular formula is C19H20N4O5S. The fraction of sp³-hybridized carbons (Fsp3) is 0.211. The van der Waals surface area contributed by atoms with Crippen LogP contribution in [0.25, 0.3) is 11.3 Å². The van der Waals surface area contributed by atoms with E-state index in [1.165, 1.54) is 12.4 Å². The molecule has 0 radical (unpaired) electrons. The minimum Gasteiger partial charge on any atom is -0.497 e. The molecule has 0 spiro atoms. The first-order valence-electron chi connectivity index (χ1n) is 8.57. The molecule has 9 nitrogen and oxygen atoms in total. The van der Waals surface area contributed by atoms with E-state index in [1.54, 1.807) is 20.1 Å². The monoisotopic (exact) mass is 416 g/mol. The van der Waals surface area contributed by atoms with Crippen LogP contribution in [0.4, 0.5) is 5.82 Å². The number of amides is 1. The van der Waals surface area contributed by atoms with E-state index >= 15 is 0 Å². The van der Waals surface area contributed by atoms with Crippen LogP contribution in [0.15, 0.2) is 47.1 Å². The maximum Gasteiger partial charge on any atom is 0.260 e. The summed E-state index contributed by atoms with van der Waals surface area (Å²) >= 11 is 0. The third kappa shape index (κ3) is 5.39. The second kappa shape index (κ2) is 8.41. The molecule has 10 heteroatoms. The number of ether oxygens (including phenoxy) is 1. The summed E-state index contributed by atoms with van der Waals surface area (Å²) in [5, 5.41) is 2.70. The van der Waals surface area contributed by atoms with Crippen molar-refractivity contribution in [3.05, 3.63) is 59.8 Å². The van der Waals surface area contributed by atoms with Gasteiger partial charge in [-0.25, -0.2) is 23.1 Å². The van der Waals surface area contributed by atoms with E-state index < -0.39 is 15.9 Å². The maximum atomic E-state index is 12.6. The molecule has 0 aliphatic rings. The number of benzene rings is 1. The Balaban J connectivity index is 1.74. The summed E-state index contributed by atoms with van der Waals surface area (Å²) in [5.74, 6) is 1.34. The van der Waals surface area contributed by atoms with Gasteiger partial charge in [-0.15, -0.1) is 0 Å². The second-order valence-electron chi connectivity index (χ2n) is 6.25. The number of rotatable bonds is 7. The van der Waals surface area contributed by atoms with Crippen LogP contribution in [-0.2, 0) is 16.6 Å². The summed E-state index contributed by atoms with van der Waals surface area (Å²) in [6.45, 7) is 1.59. The van der Waals surface area contributed by atoms with E-state index in [2.05, 4.69) is 20.0 Å². The number of furan rings is 1. The maximum absolute atomic E-state index is 12.6. The normalized spacial score (nSPS) is 11.3.